The van der Waals surface area contributed by atoms with Gasteiger partial charge in [-0.2, -0.15) is 4.39 Å². The van der Waals surface area contributed by atoms with Gasteiger partial charge in [-0.25, -0.2) is 23.5 Å². The van der Waals surface area contributed by atoms with Gasteiger partial charge in [0.15, 0.2) is 0 Å². The summed E-state index contributed by atoms with van der Waals surface area (Å²) in [5.74, 6) is -1.64. The number of amides is 2. The van der Waals surface area contributed by atoms with E-state index in [0.717, 1.165) is 17.7 Å². The van der Waals surface area contributed by atoms with Gasteiger partial charge < -0.3 is 15.0 Å². The second-order valence-electron chi connectivity index (χ2n) is 7.86. The van der Waals surface area contributed by atoms with Crippen LogP contribution in [0.4, 0.5) is 23.7 Å². The smallest absolute Gasteiger partial charge is 0.322 e. The summed E-state index contributed by atoms with van der Waals surface area (Å²) >= 11 is 0. The van der Waals surface area contributed by atoms with Gasteiger partial charge in [-0.15, -0.1) is 0 Å². The molecule has 1 aromatic carbocycles. The number of nitrogens with one attached hydrogen (secondary N) is 1. The number of aromatic nitrogens is 2. The van der Waals surface area contributed by atoms with E-state index in [-0.39, 0.29) is 23.3 Å². The van der Waals surface area contributed by atoms with Crippen molar-refractivity contribution in [3.05, 3.63) is 71.4 Å². The Morgan fingerprint density at radius 1 is 1.12 bits per heavy atom. The van der Waals surface area contributed by atoms with Crippen LogP contribution < -0.4 is 10.1 Å². The Morgan fingerprint density at radius 2 is 1.97 bits per heavy atom. The van der Waals surface area contributed by atoms with Crippen LogP contribution in [0.2, 0.25) is 0 Å². The fraction of sp³-hybridized carbons (Fsp3) is 0.261. The van der Waals surface area contributed by atoms with Crippen LogP contribution in [-0.2, 0) is 6.42 Å². The molecule has 5 rings (SSSR count). The van der Waals surface area contributed by atoms with E-state index in [2.05, 4.69) is 15.3 Å². The number of methoxy groups -OCH3 is 1. The molecule has 2 bridgehead atoms. The number of rotatable bonds is 3. The molecular weight excluding hydrogens is 421 g/mol. The third-order valence-corrected chi connectivity index (χ3v) is 6.13. The molecule has 2 aliphatic rings. The molecule has 2 aromatic heterocycles. The third kappa shape index (κ3) is 3.34. The normalized spacial score (nSPS) is 18.9. The summed E-state index contributed by atoms with van der Waals surface area (Å²) in [5, 5.41) is 2.49. The highest BCUT2D eigenvalue weighted by atomic mass is 19.1. The first kappa shape index (κ1) is 20.3. The molecule has 32 heavy (non-hydrogen) atoms. The maximum absolute atomic E-state index is 14.8. The van der Waals surface area contributed by atoms with Gasteiger partial charge in [0.1, 0.15) is 11.6 Å². The van der Waals surface area contributed by atoms with Crippen molar-refractivity contribution in [2.24, 2.45) is 0 Å². The molecule has 6 nitrogen and oxygen atoms in total. The maximum atomic E-state index is 14.8. The van der Waals surface area contributed by atoms with E-state index in [4.69, 9.17) is 4.74 Å². The Bertz CT molecular complexity index is 1200. The number of ether oxygens (including phenoxy) is 1. The largest absolute Gasteiger partial charge is 0.481 e. The summed E-state index contributed by atoms with van der Waals surface area (Å²) in [5.41, 5.74) is 1.38. The zero-order valence-corrected chi connectivity index (χ0v) is 17.1. The number of benzene rings is 1. The summed E-state index contributed by atoms with van der Waals surface area (Å²) in [6, 6.07) is 5.72. The molecule has 9 heteroatoms. The zero-order chi connectivity index (χ0) is 22.4. The summed E-state index contributed by atoms with van der Waals surface area (Å²) in [7, 11) is 1.46. The van der Waals surface area contributed by atoms with Crippen molar-refractivity contribution < 1.29 is 22.7 Å². The topological polar surface area (TPSA) is 67.3 Å². The van der Waals surface area contributed by atoms with Crippen LogP contribution in [0.1, 0.15) is 30.0 Å². The minimum absolute atomic E-state index is 0.0191. The lowest BCUT2D eigenvalue weighted by Crippen LogP contribution is -2.44. The lowest BCUT2D eigenvalue weighted by Gasteiger charge is -2.36. The first-order valence-corrected chi connectivity index (χ1v) is 10.2. The summed E-state index contributed by atoms with van der Waals surface area (Å²) in [4.78, 5) is 22.3. The molecule has 2 atom stereocenters. The molecule has 4 heterocycles. The van der Waals surface area contributed by atoms with Gasteiger partial charge in [0.2, 0.25) is 11.8 Å². The van der Waals surface area contributed by atoms with Crippen LogP contribution in [0.3, 0.4) is 0 Å². The van der Waals surface area contributed by atoms with Crippen molar-refractivity contribution in [1.82, 2.24) is 14.9 Å². The van der Waals surface area contributed by atoms with Crippen molar-refractivity contribution in [2.45, 2.75) is 31.3 Å². The molecule has 0 unspecified atom stereocenters. The van der Waals surface area contributed by atoms with E-state index >= 15 is 0 Å². The number of anilines is 1. The van der Waals surface area contributed by atoms with E-state index < -0.39 is 23.6 Å². The SMILES string of the molecule is COc1ccc(-c2cc(F)c(NC(=O)N3[C@H]4CC[C@@H]3c3ccnc(F)c3C4)cc2F)cn1. The Balaban J connectivity index is 1.40. The molecule has 1 saturated heterocycles. The van der Waals surface area contributed by atoms with E-state index in [1.54, 1.807) is 23.1 Å². The molecule has 2 aliphatic heterocycles. The van der Waals surface area contributed by atoms with Gasteiger partial charge in [0.25, 0.3) is 0 Å². The van der Waals surface area contributed by atoms with Crippen molar-refractivity contribution in [3.63, 3.8) is 0 Å². The third-order valence-electron chi connectivity index (χ3n) is 6.13. The van der Waals surface area contributed by atoms with E-state index in [9.17, 15) is 18.0 Å². The highest BCUT2D eigenvalue weighted by molar-refractivity contribution is 5.91. The number of hydrogen-bond donors (Lipinski definition) is 1. The second kappa shape index (κ2) is 7.81. The Hall–Kier alpha value is -3.62. The van der Waals surface area contributed by atoms with Crippen molar-refractivity contribution in [2.75, 3.05) is 12.4 Å². The zero-order valence-electron chi connectivity index (χ0n) is 17.1. The van der Waals surface area contributed by atoms with Gasteiger partial charge in [-0.1, -0.05) is 0 Å². The number of halogens is 3. The molecule has 1 N–H and O–H groups in total. The standard InChI is InChI=1S/C23H19F3N4O2/c1-32-21-5-2-12(11-28-21)15-9-18(25)19(10-17(15)24)29-23(31)30-13-3-4-20(30)14-6-7-27-22(26)16(14)8-13/h2,5-7,9-11,13,20H,3-4,8H2,1H3,(H,29,31)/t13-,20+/m0/s1. The number of fused-ring (bicyclic) bond motifs is 4. The fourth-order valence-corrected chi connectivity index (χ4v) is 4.63. The maximum Gasteiger partial charge on any atom is 0.322 e. The Morgan fingerprint density at radius 3 is 2.72 bits per heavy atom. The molecule has 0 aliphatic carbocycles. The predicted octanol–water partition coefficient (Wildman–Crippen LogP) is 4.86. The molecule has 0 saturated carbocycles. The molecule has 1 fully saturated rings. The molecule has 3 aromatic rings. The summed E-state index contributed by atoms with van der Waals surface area (Å²) in [6.45, 7) is 0. The number of carbonyl (C=O) groups is 1. The van der Waals surface area contributed by atoms with Crippen LogP contribution in [0, 0.1) is 17.6 Å². The lowest BCUT2D eigenvalue weighted by molar-refractivity contribution is 0.178. The number of urea groups is 1. The minimum Gasteiger partial charge on any atom is -0.481 e. The highest BCUT2D eigenvalue weighted by Crippen LogP contribution is 2.44. The van der Waals surface area contributed by atoms with Gasteiger partial charge in [0, 0.05) is 47.3 Å². The molecule has 0 radical (unpaired) electrons. The molecule has 0 spiro atoms. The number of carbonyl (C=O) groups excluding carboxylic acids is 1. The first-order chi connectivity index (χ1) is 15.5. The molecule has 2 amide bonds. The second-order valence-corrected chi connectivity index (χ2v) is 7.86. The lowest BCUT2D eigenvalue weighted by atomic mass is 9.95. The van der Waals surface area contributed by atoms with Gasteiger partial charge in [-0.3, -0.25) is 0 Å². The summed E-state index contributed by atoms with van der Waals surface area (Å²) in [6.07, 6.45) is 4.48. The number of hydrogen-bond acceptors (Lipinski definition) is 4. The number of pyridine rings is 2. The van der Waals surface area contributed by atoms with Crippen molar-refractivity contribution in [3.8, 4) is 17.0 Å². The Labute approximate surface area is 182 Å². The van der Waals surface area contributed by atoms with E-state index in [1.165, 1.54) is 19.5 Å². The fourth-order valence-electron chi connectivity index (χ4n) is 4.63. The Kier molecular flexibility index (Phi) is 4.96. The molecule has 164 valence electrons. The van der Waals surface area contributed by atoms with Crippen LogP contribution in [0.25, 0.3) is 11.1 Å². The average molecular weight is 440 g/mol. The van der Waals surface area contributed by atoms with Gasteiger partial charge in [-0.05, 0) is 43.0 Å². The quantitative estimate of drug-likeness (QED) is 0.591. The predicted molar refractivity (Wildman–Crippen MR) is 111 cm³/mol. The highest BCUT2D eigenvalue weighted by Gasteiger charge is 2.43. The van der Waals surface area contributed by atoms with Gasteiger partial charge in [0.05, 0.1) is 18.8 Å². The van der Waals surface area contributed by atoms with Crippen LogP contribution in [0.15, 0.2) is 42.7 Å². The van der Waals surface area contributed by atoms with E-state index in [1.807, 2.05) is 0 Å². The van der Waals surface area contributed by atoms with Crippen molar-refractivity contribution >= 4 is 11.7 Å². The van der Waals surface area contributed by atoms with Crippen LogP contribution in [0.5, 0.6) is 5.88 Å². The number of nitrogens with zero attached hydrogens (tertiary/aromatic N) is 3. The van der Waals surface area contributed by atoms with E-state index in [0.29, 0.717) is 36.3 Å². The first-order valence-electron chi connectivity index (χ1n) is 10.2. The van der Waals surface area contributed by atoms with Crippen LogP contribution in [-0.4, -0.2) is 34.1 Å². The average Bonchev–Trinajstić information content (AvgIpc) is 3.11. The van der Waals surface area contributed by atoms with Crippen molar-refractivity contribution in [1.29, 1.82) is 0 Å². The van der Waals surface area contributed by atoms with Gasteiger partial charge >= 0.3 is 6.03 Å². The monoisotopic (exact) mass is 440 g/mol. The minimum atomic E-state index is -0.773. The molecular formula is C23H19F3N4O2. The summed E-state index contributed by atoms with van der Waals surface area (Å²) < 4.78 is 48.6. The van der Waals surface area contributed by atoms with Crippen LogP contribution >= 0.6 is 0 Å².